The van der Waals surface area contributed by atoms with Gasteiger partial charge in [0.05, 0.1) is 17.0 Å². The molecular weight excluding hydrogens is 416 g/mol. The highest BCUT2D eigenvalue weighted by Gasteiger charge is 2.22. The number of hydrogen-bond acceptors (Lipinski definition) is 3. The number of rotatable bonds is 5. The third kappa shape index (κ3) is 4.01. The molecule has 0 aliphatic rings. The maximum atomic E-state index is 11.6. The molecule has 0 saturated heterocycles. The van der Waals surface area contributed by atoms with Crippen LogP contribution < -0.4 is 15.0 Å². The van der Waals surface area contributed by atoms with Crippen molar-refractivity contribution >= 4 is 53.0 Å². The normalized spacial score (nSPS) is 10.9. The second-order valence-electron chi connectivity index (χ2n) is 7.15. The van der Waals surface area contributed by atoms with Crippen molar-refractivity contribution in [2.45, 2.75) is 13.8 Å². The number of halogens is 1. The first kappa shape index (κ1) is 20.3. The fourth-order valence-corrected chi connectivity index (χ4v) is 3.71. The highest BCUT2D eigenvalue weighted by Crippen LogP contribution is 2.33. The smallest absolute Gasteiger partial charge is 0.271 e. The quantitative estimate of drug-likeness (QED) is 0.253. The first-order chi connectivity index (χ1) is 14.5. The number of fused-ring (bicyclic) bond motifs is 1. The van der Waals surface area contributed by atoms with Crippen LogP contribution in [0.25, 0.3) is 16.9 Å². The molecule has 152 valence electrons. The van der Waals surface area contributed by atoms with Crippen molar-refractivity contribution in [3.05, 3.63) is 76.9 Å². The van der Waals surface area contributed by atoms with Crippen LogP contribution in [-0.4, -0.2) is 16.6 Å². The van der Waals surface area contributed by atoms with Gasteiger partial charge in [-0.1, -0.05) is 23.7 Å². The van der Waals surface area contributed by atoms with Gasteiger partial charge < -0.3 is 5.32 Å². The number of H-pyrrole nitrogens is 1. The summed E-state index contributed by atoms with van der Waals surface area (Å²) < 4.78 is 2.09. The van der Waals surface area contributed by atoms with Crippen LogP contribution >= 0.6 is 24.2 Å². The summed E-state index contributed by atoms with van der Waals surface area (Å²) in [6.07, 6.45) is 2.07. The molecule has 30 heavy (non-hydrogen) atoms. The van der Waals surface area contributed by atoms with Crippen LogP contribution in [-0.2, 0) is 4.79 Å². The lowest BCUT2D eigenvalue weighted by atomic mass is 10.1. The fraction of sp³-hybridized carbons (Fsp3) is 0.130. The summed E-state index contributed by atoms with van der Waals surface area (Å²) in [5.41, 5.74) is 6.65. The zero-order valence-electron chi connectivity index (χ0n) is 16.7. The number of nitrogens with one attached hydrogen (secondary N) is 3. The molecule has 0 fully saturated rings. The van der Waals surface area contributed by atoms with E-state index in [2.05, 4.69) is 51.8 Å². The van der Waals surface area contributed by atoms with Gasteiger partial charge >= 0.3 is 0 Å². The van der Waals surface area contributed by atoms with Crippen molar-refractivity contribution in [3.63, 3.8) is 0 Å². The minimum Gasteiger partial charge on any atom is -0.325 e. The number of aromatic nitrogens is 2. The van der Waals surface area contributed by atoms with Gasteiger partial charge in [0, 0.05) is 17.3 Å². The molecule has 0 radical (unpaired) electrons. The van der Waals surface area contributed by atoms with Crippen LogP contribution in [0, 0.1) is 13.8 Å². The second kappa shape index (κ2) is 8.42. The number of nitrogens with zero attached hydrogens (tertiary/aromatic N) is 1. The number of pyridine rings is 1. The van der Waals surface area contributed by atoms with Crippen molar-refractivity contribution in [2.75, 3.05) is 16.4 Å². The molecule has 0 atom stereocenters. The molecule has 5 nitrogen and oxygen atoms in total. The Hall–Kier alpha value is -2.96. The zero-order valence-corrected chi connectivity index (χ0v) is 18.3. The van der Waals surface area contributed by atoms with Gasteiger partial charge in [-0.25, -0.2) is 4.40 Å². The number of aryl methyl sites for hydroxylation is 2. The molecule has 0 saturated carbocycles. The number of carbonyl (C=O) groups is 1. The highest BCUT2D eigenvalue weighted by molar-refractivity contribution is 7.81. The Morgan fingerprint density at radius 1 is 1.10 bits per heavy atom. The summed E-state index contributed by atoms with van der Waals surface area (Å²) in [4.78, 5) is 15.1. The Morgan fingerprint density at radius 3 is 2.57 bits per heavy atom. The summed E-state index contributed by atoms with van der Waals surface area (Å²) in [5.74, 6) is 0.890. The predicted octanol–water partition coefficient (Wildman–Crippen LogP) is 5.30. The maximum absolute atomic E-state index is 11.6. The molecule has 0 spiro atoms. The monoisotopic (exact) mass is 437 g/mol. The lowest BCUT2D eigenvalue weighted by Crippen LogP contribution is -2.23. The van der Waals surface area contributed by atoms with Crippen LogP contribution in [0.2, 0.25) is 5.02 Å². The van der Waals surface area contributed by atoms with E-state index in [-0.39, 0.29) is 11.7 Å². The molecule has 0 unspecified atom stereocenters. The number of hydrogen-bond donors (Lipinski definition) is 4. The number of aromatic amines is 1. The van der Waals surface area contributed by atoms with Gasteiger partial charge in [-0.2, -0.15) is 12.6 Å². The number of amides is 1. The van der Waals surface area contributed by atoms with E-state index in [1.54, 1.807) is 0 Å². The van der Waals surface area contributed by atoms with Crippen molar-refractivity contribution in [1.82, 2.24) is 4.98 Å². The van der Waals surface area contributed by atoms with Gasteiger partial charge in [0.1, 0.15) is 5.69 Å². The van der Waals surface area contributed by atoms with Gasteiger partial charge in [-0.3, -0.25) is 15.1 Å². The minimum atomic E-state index is -0.140. The first-order valence-electron chi connectivity index (χ1n) is 9.53. The van der Waals surface area contributed by atoms with Gasteiger partial charge in [0.2, 0.25) is 11.6 Å². The summed E-state index contributed by atoms with van der Waals surface area (Å²) in [6.45, 7) is 4.08. The van der Waals surface area contributed by atoms with Gasteiger partial charge in [-0.05, 0) is 61.4 Å². The van der Waals surface area contributed by atoms with E-state index in [9.17, 15) is 4.79 Å². The van der Waals surface area contributed by atoms with Crippen LogP contribution in [0.4, 0.5) is 17.2 Å². The topological polar surface area (TPSA) is 61.0 Å². The Balaban J connectivity index is 1.82. The average molecular weight is 438 g/mol. The standard InChI is InChI=1S/C23H21ClN4OS/c1-14-6-11-19-26-22(16-7-9-17(10-8-16)25-20(29)13-30)23(28(19)12-14)27-21-15(2)4-3-5-18(21)24/h3-12,27H,13H2,1-2H3,(H2,25,29,30)/p+1. The number of carbonyl (C=O) groups excluding carboxylic acids is 1. The maximum Gasteiger partial charge on any atom is 0.271 e. The summed E-state index contributed by atoms with van der Waals surface area (Å²) in [7, 11) is 0. The van der Waals surface area contributed by atoms with Gasteiger partial charge in [0.15, 0.2) is 5.69 Å². The molecule has 0 bridgehead atoms. The lowest BCUT2D eigenvalue weighted by Gasteiger charge is -2.08. The van der Waals surface area contributed by atoms with E-state index in [1.807, 2.05) is 55.5 Å². The molecule has 2 aromatic carbocycles. The predicted molar refractivity (Wildman–Crippen MR) is 126 cm³/mol. The van der Waals surface area contributed by atoms with E-state index in [0.29, 0.717) is 5.02 Å². The number of benzene rings is 2. The van der Waals surface area contributed by atoms with Crippen molar-refractivity contribution in [1.29, 1.82) is 0 Å². The minimum absolute atomic E-state index is 0.140. The van der Waals surface area contributed by atoms with Crippen LogP contribution in [0.5, 0.6) is 0 Å². The SMILES string of the molecule is Cc1ccc2[nH]c(-c3ccc(NC(=O)CS)cc3)c(Nc3c(C)cccc3Cl)[n+]2c1. The number of para-hydroxylation sites is 1. The fourth-order valence-electron chi connectivity index (χ4n) is 3.36. The zero-order chi connectivity index (χ0) is 21.3. The summed E-state index contributed by atoms with van der Waals surface area (Å²) in [5, 5.41) is 7.00. The molecular formula is C23H22ClN4OS+. The molecule has 7 heteroatoms. The molecule has 4 aromatic rings. The first-order valence-corrected chi connectivity index (χ1v) is 10.5. The summed E-state index contributed by atoms with van der Waals surface area (Å²) in [6, 6.07) is 17.6. The highest BCUT2D eigenvalue weighted by atomic mass is 35.5. The Labute approximate surface area is 185 Å². The average Bonchev–Trinajstić information content (AvgIpc) is 3.08. The van der Waals surface area contributed by atoms with E-state index in [4.69, 9.17) is 11.6 Å². The Bertz CT molecular complexity index is 1210. The van der Waals surface area contributed by atoms with Crippen LogP contribution in [0.15, 0.2) is 60.8 Å². The largest absolute Gasteiger partial charge is 0.325 e. The third-order valence-electron chi connectivity index (χ3n) is 4.89. The molecule has 0 aliphatic carbocycles. The van der Waals surface area contributed by atoms with E-state index >= 15 is 0 Å². The number of anilines is 3. The van der Waals surface area contributed by atoms with Crippen LogP contribution in [0.3, 0.4) is 0 Å². The Morgan fingerprint density at radius 2 is 1.87 bits per heavy atom. The molecule has 0 aliphatic heterocycles. The molecule has 2 aromatic heterocycles. The van der Waals surface area contributed by atoms with Gasteiger partial charge in [-0.15, -0.1) is 0 Å². The molecule has 3 N–H and O–H groups in total. The van der Waals surface area contributed by atoms with Gasteiger partial charge in [0.25, 0.3) is 5.82 Å². The molecule has 2 heterocycles. The molecule has 1 amide bonds. The van der Waals surface area contributed by atoms with E-state index in [0.717, 1.165) is 45.2 Å². The third-order valence-corrected chi connectivity index (χ3v) is 5.50. The van der Waals surface area contributed by atoms with Crippen molar-refractivity contribution in [3.8, 4) is 11.3 Å². The van der Waals surface area contributed by atoms with E-state index < -0.39 is 0 Å². The van der Waals surface area contributed by atoms with Crippen molar-refractivity contribution in [2.24, 2.45) is 0 Å². The lowest BCUT2D eigenvalue weighted by molar-refractivity contribution is -0.494. The van der Waals surface area contributed by atoms with Crippen LogP contribution in [0.1, 0.15) is 11.1 Å². The van der Waals surface area contributed by atoms with E-state index in [1.165, 1.54) is 0 Å². The molecule has 4 rings (SSSR count). The Kier molecular flexibility index (Phi) is 5.70. The number of thiol groups is 1. The second-order valence-corrected chi connectivity index (χ2v) is 7.87. The summed E-state index contributed by atoms with van der Waals surface area (Å²) >= 11 is 10.5. The number of imidazole rings is 1. The van der Waals surface area contributed by atoms with Crippen molar-refractivity contribution < 1.29 is 9.20 Å².